The van der Waals surface area contributed by atoms with E-state index < -0.39 is 0 Å². The van der Waals surface area contributed by atoms with Gasteiger partial charge in [-0.05, 0) is 56.3 Å². The van der Waals surface area contributed by atoms with Crippen LogP contribution in [-0.4, -0.2) is 7.05 Å². The van der Waals surface area contributed by atoms with Gasteiger partial charge in [-0.15, -0.1) is 0 Å². The lowest BCUT2D eigenvalue weighted by molar-refractivity contribution is 0.415. The van der Waals surface area contributed by atoms with Crippen LogP contribution in [0.1, 0.15) is 59.0 Å². The Morgan fingerprint density at radius 2 is 1.67 bits per heavy atom. The normalized spacial score (nSPS) is 16.5. The molecule has 1 fully saturated rings. The van der Waals surface area contributed by atoms with E-state index in [9.17, 15) is 0 Å². The first-order valence-corrected chi connectivity index (χ1v) is 8.03. The van der Waals surface area contributed by atoms with E-state index in [1.807, 2.05) is 0 Å². The van der Waals surface area contributed by atoms with Crippen LogP contribution in [0, 0.1) is 13.8 Å². The molecule has 0 aromatic heterocycles. The molecule has 1 saturated carbocycles. The Labute approximate surface area is 128 Å². The van der Waals surface area contributed by atoms with Crippen molar-refractivity contribution < 1.29 is 0 Å². The molecule has 1 N–H and O–H groups in total. The molecule has 1 aliphatic carbocycles. The zero-order chi connectivity index (χ0) is 14.8. The van der Waals surface area contributed by atoms with Crippen molar-refractivity contribution in [3.63, 3.8) is 0 Å². The van der Waals surface area contributed by atoms with Crippen LogP contribution in [0.25, 0.3) is 0 Å². The minimum absolute atomic E-state index is 0.292. The molecule has 21 heavy (non-hydrogen) atoms. The minimum atomic E-state index is 0.292. The Kier molecular flexibility index (Phi) is 4.12. The number of benzene rings is 2. The SMILES string of the molecule is CNC(c1cc(C)cc(C)c1)c1ccccc1C1CCC1. The molecule has 0 amide bonds. The van der Waals surface area contributed by atoms with Gasteiger partial charge in [0.25, 0.3) is 0 Å². The Bertz CT molecular complexity index is 605. The van der Waals surface area contributed by atoms with Gasteiger partial charge in [0.05, 0.1) is 6.04 Å². The highest BCUT2D eigenvalue weighted by Crippen LogP contribution is 2.40. The highest BCUT2D eigenvalue weighted by atomic mass is 14.9. The van der Waals surface area contributed by atoms with E-state index in [0.717, 1.165) is 5.92 Å². The van der Waals surface area contributed by atoms with E-state index >= 15 is 0 Å². The molecule has 2 aromatic carbocycles. The summed E-state index contributed by atoms with van der Waals surface area (Å²) in [4.78, 5) is 0. The Balaban J connectivity index is 2.03. The lowest BCUT2D eigenvalue weighted by Crippen LogP contribution is -2.21. The van der Waals surface area contributed by atoms with E-state index in [0.29, 0.717) is 6.04 Å². The van der Waals surface area contributed by atoms with Crippen LogP contribution in [0.5, 0.6) is 0 Å². The zero-order valence-corrected chi connectivity index (χ0v) is 13.3. The van der Waals surface area contributed by atoms with Crippen LogP contribution in [0.15, 0.2) is 42.5 Å². The predicted molar refractivity (Wildman–Crippen MR) is 89.9 cm³/mol. The smallest absolute Gasteiger partial charge is 0.0577 e. The summed E-state index contributed by atoms with van der Waals surface area (Å²) < 4.78 is 0. The van der Waals surface area contributed by atoms with Crippen LogP contribution in [0.4, 0.5) is 0 Å². The van der Waals surface area contributed by atoms with E-state index in [1.165, 1.54) is 41.5 Å². The van der Waals surface area contributed by atoms with E-state index in [1.54, 1.807) is 5.56 Å². The first-order valence-electron chi connectivity index (χ1n) is 8.03. The van der Waals surface area contributed by atoms with Gasteiger partial charge < -0.3 is 5.32 Å². The van der Waals surface area contributed by atoms with Crippen molar-refractivity contribution in [1.82, 2.24) is 5.32 Å². The van der Waals surface area contributed by atoms with E-state index in [2.05, 4.69) is 68.7 Å². The lowest BCUT2D eigenvalue weighted by Gasteiger charge is -2.30. The third-order valence-electron chi connectivity index (χ3n) is 4.72. The van der Waals surface area contributed by atoms with Crippen LogP contribution in [-0.2, 0) is 0 Å². The maximum absolute atomic E-state index is 3.53. The quantitative estimate of drug-likeness (QED) is 0.841. The fourth-order valence-electron chi connectivity index (χ4n) is 3.54. The largest absolute Gasteiger partial charge is 0.309 e. The monoisotopic (exact) mass is 279 g/mol. The molecule has 1 unspecified atom stereocenters. The molecule has 1 nitrogen and oxygen atoms in total. The second kappa shape index (κ2) is 6.03. The Hall–Kier alpha value is -1.60. The average molecular weight is 279 g/mol. The Morgan fingerprint density at radius 3 is 2.24 bits per heavy atom. The van der Waals surface area contributed by atoms with Crippen molar-refractivity contribution in [2.75, 3.05) is 7.05 Å². The first kappa shape index (κ1) is 14.3. The van der Waals surface area contributed by atoms with Crippen molar-refractivity contribution in [2.24, 2.45) is 0 Å². The summed E-state index contributed by atoms with van der Waals surface area (Å²) >= 11 is 0. The first-order chi connectivity index (χ1) is 10.2. The minimum Gasteiger partial charge on any atom is -0.309 e. The van der Waals surface area contributed by atoms with Crippen LogP contribution >= 0.6 is 0 Å². The summed E-state index contributed by atoms with van der Waals surface area (Å²) in [5, 5.41) is 3.53. The van der Waals surface area contributed by atoms with Crippen molar-refractivity contribution in [2.45, 2.75) is 45.1 Å². The summed E-state index contributed by atoms with van der Waals surface area (Å²) in [6.07, 6.45) is 4.08. The second-order valence-corrected chi connectivity index (χ2v) is 6.40. The third kappa shape index (κ3) is 2.89. The molecule has 0 heterocycles. The van der Waals surface area contributed by atoms with Gasteiger partial charge in [-0.2, -0.15) is 0 Å². The number of hydrogen-bond donors (Lipinski definition) is 1. The third-order valence-corrected chi connectivity index (χ3v) is 4.72. The summed E-state index contributed by atoms with van der Waals surface area (Å²) in [6.45, 7) is 4.36. The molecule has 1 heteroatoms. The van der Waals surface area contributed by atoms with E-state index in [-0.39, 0.29) is 0 Å². The summed E-state index contributed by atoms with van der Waals surface area (Å²) in [7, 11) is 2.07. The van der Waals surface area contributed by atoms with Crippen molar-refractivity contribution >= 4 is 0 Å². The topological polar surface area (TPSA) is 12.0 Å². The van der Waals surface area contributed by atoms with Gasteiger partial charge in [-0.1, -0.05) is 60.0 Å². The molecule has 0 radical (unpaired) electrons. The molecule has 110 valence electrons. The fourth-order valence-corrected chi connectivity index (χ4v) is 3.54. The molecule has 0 spiro atoms. The maximum atomic E-state index is 3.53. The zero-order valence-electron chi connectivity index (χ0n) is 13.3. The maximum Gasteiger partial charge on any atom is 0.0577 e. The molecule has 2 aromatic rings. The summed E-state index contributed by atoms with van der Waals surface area (Å²) in [6, 6.07) is 16.1. The van der Waals surface area contributed by atoms with Gasteiger partial charge >= 0.3 is 0 Å². The second-order valence-electron chi connectivity index (χ2n) is 6.40. The van der Waals surface area contributed by atoms with Crippen molar-refractivity contribution in [3.05, 3.63) is 70.3 Å². The molecule has 0 bridgehead atoms. The van der Waals surface area contributed by atoms with Gasteiger partial charge in [0, 0.05) is 0 Å². The molecule has 1 aliphatic rings. The van der Waals surface area contributed by atoms with Crippen molar-refractivity contribution in [1.29, 1.82) is 0 Å². The standard InChI is InChI=1S/C20H25N/c1-14-11-15(2)13-17(12-14)20(21-3)19-10-5-4-9-18(19)16-7-6-8-16/h4-5,9-13,16,20-21H,6-8H2,1-3H3. The van der Waals surface area contributed by atoms with Crippen LogP contribution < -0.4 is 5.32 Å². The Morgan fingerprint density at radius 1 is 1.00 bits per heavy atom. The van der Waals surface area contributed by atoms with Crippen LogP contribution in [0.2, 0.25) is 0 Å². The number of nitrogens with one attached hydrogen (secondary N) is 1. The van der Waals surface area contributed by atoms with Gasteiger partial charge in [-0.3, -0.25) is 0 Å². The number of hydrogen-bond acceptors (Lipinski definition) is 1. The highest BCUT2D eigenvalue weighted by Gasteiger charge is 2.25. The fraction of sp³-hybridized carbons (Fsp3) is 0.400. The number of aryl methyl sites for hydroxylation is 2. The molecule has 0 aliphatic heterocycles. The molecule has 1 atom stereocenters. The van der Waals surface area contributed by atoms with Gasteiger partial charge in [-0.25, -0.2) is 0 Å². The summed E-state index contributed by atoms with van der Waals surface area (Å²) in [5.74, 6) is 0.767. The predicted octanol–water partition coefficient (Wildman–Crippen LogP) is 4.88. The van der Waals surface area contributed by atoms with Crippen molar-refractivity contribution in [3.8, 4) is 0 Å². The molecule has 3 rings (SSSR count). The van der Waals surface area contributed by atoms with Crippen LogP contribution in [0.3, 0.4) is 0 Å². The molecular formula is C20H25N. The summed E-state index contributed by atoms with van der Waals surface area (Å²) in [5.41, 5.74) is 7.05. The highest BCUT2D eigenvalue weighted by molar-refractivity contribution is 5.42. The van der Waals surface area contributed by atoms with Gasteiger partial charge in [0.1, 0.15) is 0 Å². The molecular weight excluding hydrogens is 254 g/mol. The number of rotatable bonds is 4. The average Bonchev–Trinajstić information content (AvgIpc) is 2.38. The molecule has 0 saturated heterocycles. The van der Waals surface area contributed by atoms with E-state index in [4.69, 9.17) is 0 Å². The lowest BCUT2D eigenvalue weighted by atomic mass is 9.76. The van der Waals surface area contributed by atoms with Gasteiger partial charge in [0.2, 0.25) is 0 Å². The van der Waals surface area contributed by atoms with Gasteiger partial charge in [0.15, 0.2) is 0 Å².